The van der Waals surface area contributed by atoms with Crippen molar-refractivity contribution in [1.29, 1.82) is 0 Å². The van der Waals surface area contributed by atoms with Crippen molar-refractivity contribution >= 4 is 7.37 Å². The standard InChI is InChI=1S/C13H23O5P/c1-5-16-19(4,15)7-13-6-8(13)9(14)10-11(13)18-12(2,3)17-10/h8-11,14H,5-7H2,1-4H3/t8-,9+,10+,11+,13?,19?/m1/s1. The average Bonchev–Trinajstić information content (AvgIpc) is 2.79. The Balaban J connectivity index is 1.81. The Morgan fingerprint density at radius 1 is 1.42 bits per heavy atom. The van der Waals surface area contributed by atoms with Gasteiger partial charge in [-0.1, -0.05) is 0 Å². The van der Waals surface area contributed by atoms with E-state index in [4.69, 9.17) is 14.0 Å². The lowest BCUT2D eigenvalue weighted by molar-refractivity contribution is -0.166. The third-order valence-corrected chi connectivity index (χ3v) is 6.57. The van der Waals surface area contributed by atoms with Crippen LogP contribution in [0.2, 0.25) is 0 Å². The lowest BCUT2D eigenvalue weighted by Crippen LogP contribution is -2.34. The number of aliphatic hydroxyl groups excluding tert-OH is 1. The van der Waals surface area contributed by atoms with Gasteiger partial charge in [-0.2, -0.15) is 0 Å². The van der Waals surface area contributed by atoms with Crippen LogP contribution in [-0.4, -0.2) is 48.6 Å². The number of aliphatic hydroxyl groups is 1. The molecule has 6 heteroatoms. The van der Waals surface area contributed by atoms with Crippen molar-refractivity contribution in [1.82, 2.24) is 0 Å². The Morgan fingerprint density at radius 2 is 2.11 bits per heavy atom. The van der Waals surface area contributed by atoms with Gasteiger partial charge in [0.15, 0.2) is 5.79 Å². The summed E-state index contributed by atoms with van der Waals surface area (Å²) >= 11 is 0. The maximum Gasteiger partial charge on any atom is 0.200 e. The van der Waals surface area contributed by atoms with Crippen LogP contribution in [-0.2, 0) is 18.6 Å². The number of fused-ring (bicyclic) bond motifs is 3. The van der Waals surface area contributed by atoms with Crippen LogP contribution in [0.5, 0.6) is 0 Å². The highest BCUT2D eigenvalue weighted by Crippen LogP contribution is 2.71. The summed E-state index contributed by atoms with van der Waals surface area (Å²) in [5, 5.41) is 10.3. The van der Waals surface area contributed by atoms with Gasteiger partial charge in [0.1, 0.15) is 6.10 Å². The molecule has 0 amide bonds. The Hall–Kier alpha value is 0.0700. The van der Waals surface area contributed by atoms with Crippen molar-refractivity contribution in [2.45, 2.75) is 51.3 Å². The van der Waals surface area contributed by atoms with E-state index in [0.29, 0.717) is 12.8 Å². The number of rotatable bonds is 4. The van der Waals surface area contributed by atoms with Gasteiger partial charge in [-0.25, -0.2) is 0 Å². The Kier molecular flexibility index (Phi) is 2.99. The van der Waals surface area contributed by atoms with Crippen LogP contribution in [0.15, 0.2) is 0 Å². The highest BCUT2D eigenvalue weighted by Gasteiger charge is 2.76. The second-order valence-corrected chi connectivity index (χ2v) is 9.25. The van der Waals surface area contributed by atoms with E-state index < -0.39 is 19.3 Å². The topological polar surface area (TPSA) is 65.0 Å². The van der Waals surface area contributed by atoms with E-state index in [1.54, 1.807) is 6.66 Å². The van der Waals surface area contributed by atoms with Crippen LogP contribution in [0.4, 0.5) is 0 Å². The third kappa shape index (κ3) is 2.11. The molecule has 19 heavy (non-hydrogen) atoms. The molecule has 2 saturated carbocycles. The van der Waals surface area contributed by atoms with Crippen LogP contribution >= 0.6 is 7.37 Å². The number of hydrogen-bond donors (Lipinski definition) is 1. The van der Waals surface area contributed by atoms with Crippen molar-refractivity contribution in [2.75, 3.05) is 19.4 Å². The Labute approximate surface area is 114 Å². The van der Waals surface area contributed by atoms with Gasteiger partial charge >= 0.3 is 0 Å². The quantitative estimate of drug-likeness (QED) is 0.800. The molecule has 3 aliphatic rings. The van der Waals surface area contributed by atoms with E-state index in [1.807, 2.05) is 20.8 Å². The molecule has 110 valence electrons. The minimum atomic E-state index is -2.63. The average molecular weight is 290 g/mol. The molecule has 3 fully saturated rings. The van der Waals surface area contributed by atoms with Crippen LogP contribution in [0, 0.1) is 11.3 Å². The zero-order chi connectivity index (χ0) is 14.1. The van der Waals surface area contributed by atoms with Gasteiger partial charge in [-0.05, 0) is 33.1 Å². The van der Waals surface area contributed by atoms with E-state index in [-0.39, 0.29) is 23.5 Å². The second kappa shape index (κ2) is 4.05. The van der Waals surface area contributed by atoms with Crippen molar-refractivity contribution in [3.8, 4) is 0 Å². The predicted molar refractivity (Wildman–Crippen MR) is 70.4 cm³/mol. The summed E-state index contributed by atoms with van der Waals surface area (Å²) in [6, 6.07) is 0. The fourth-order valence-corrected chi connectivity index (χ4v) is 6.23. The van der Waals surface area contributed by atoms with Crippen LogP contribution in [0.3, 0.4) is 0 Å². The molecule has 1 aliphatic heterocycles. The SMILES string of the molecule is CCOP(C)(=O)CC12C[C@@H]1[C@H](O)[C@@H]1OC(C)(C)O[C@@H]12. The van der Waals surface area contributed by atoms with E-state index >= 15 is 0 Å². The molecule has 5 nitrogen and oxygen atoms in total. The minimum absolute atomic E-state index is 0.146. The molecule has 1 N–H and O–H groups in total. The zero-order valence-electron chi connectivity index (χ0n) is 12.0. The summed E-state index contributed by atoms with van der Waals surface area (Å²) < 4.78 is 29.6. The maximum absolute atomic E-state index is 12.5. The van der Waals surface area contributed by atoms with Gasteiger partial charge in [0.2, 0.25) is 7.37 Å². The summed E-state index contributed by atoms with van der Waals surface area (Å²) in [7, 11) is -2.63. The third-order valence-electron chi connectivity index (χ3n) is 4.61. The Morgan fingerprint density at radius 3 is 2.74 bits per heavy atom. The predicted octanol–water partition coefficient (Wildman–Crippen LogP) is 1.83. The van der Waals surface area contributed by atoms with E-state index in [9.17, 15) is 9.67 Å². The lowest BCUT2D eigenvalue weighted by atomic mass is 10.0. The van der Waals surface area contributed by atoms with Crippen molar-refractivity contribution in [3.63, 3.8) is 0 Å². The highest BCUT2D eigenvalue weighted by molar-refractivity contribution is 7.58. The molecule has 0 bridgehead atoms. The number of ether oxygens (including phenoxy) is 2. The van der Waals surface area contributed by atoms with Gasteiger partial charge in [0, 0.05) is 18.2 Å². The first-order chi connectivity index (χ1) is 8.71. The van der Waals surface area contributed by atoms with E-state index in [2.05, 4.69) is 0 Å². The Bertz CT molecular complexity index is 437. The van der Waals surface area contributed by atoms with Gasteiger partial charge in [0.05, 0.1) is 18.8 Å². The molecule has 6 atom stereocenters. The molecule has 3 rings (SSSR count). The largest absolute Gasteiger partial charge is 0.390 e. The van der Waals surface area contributed by atoms with Crippen LogP contribution in [0.1, 0.15) is 27.2 Å². The summed E-state index contributed by atoms with van der Waals surface area (Å²) in [6.07, 6.45) is 0.399. The smallest absolute Gasteiger partial charge is 0.200 e. The molecule has 2 aliphatic carbocycles. The van der Waals surface area contributed by atoms with Crippen molar-refractivity contribution in [3.05, 3.63) is 0 Å². The van der Waals surface area contributed by atoms with Crippen LogP contribution < -0.4 is 0 Å². The molecular formula is C13H23O5P. The molecule has 0 spiro atoms. The molecule has 0 aromatic heterocycles. The summed E-state index contributed by atoms with van der Waals surface area (Å²) in [4.78, 5) is 0. The van der Waals surface area contributed by atoms with Gasteiger partial charge in [-0.3, -0.25) is 4.57 Å². The van der Waals surface area contributed by atoms with Crippen molar-refractivity contribution < 1.29 is 23.7 Å². The first-order valence-corrected chi connectivity index (χ1v) is 9.21. The molecule has 2 unspecified atom stereocenters. The fraction of sp³-hybridized carbons (Fsp3) is 1.00. The molecule has 0 aromatic carbocycles. The molecular weight excluding hydrogens is 267 g/mol. The number of hydrogen-bond acceptors (Lipinski definition) is 5. The lowest BCUT2D eigenvalue weighted by Gasteiger charge is -2.25. The normalized spacial score (nSPS) is 49.5. The summed E-state index contributed by atoms with van der Waals surface area (Å²) in [5.41, 5.74) is -0.211. The molecule has 1 heterocycles. The first kappa shape index (κ1) is 14.0. The summed E-state index contributed by atoms with van der Waals surface area (Å²) in [5.74, 6) is -0.521. The second-order valence-electron chi connectivity index (χ2n) is 6.65. The maximum atomic E-state index is 12.5. The molecule has 0 radical (unpaired) electrons. The molecule has 1 saturated heterocycles. The van der Waals surface area contributed by atoms with Gasteiger partial charge < -0.3 is 19.1 Å². The van der Waals surface area contributed by atoms with Gasteiger partial charge in [-0.15, -0.1) is 0 Å². The molecule has 0 aromatic rings. The zero-order valence-corrected chi connectivity index (χ0v) is 12.9. The van der Waals surface area contributed by atoms with E-state index in [0.717, 1.165) is 6.42 Å². The van der Waals surface area contributed by atoms with Crippen molar-refractivity contribution in [2.24, 2.45) is 11.3 Å². The monoisotopic (exact) mass is 290 g/mol. The minimum Gasteiger partial charge on any atom is -0.390 e. The highest BCUT2D eigenvalue weighted by atomic mass is 31.2. The van der Waals surface area contributed by atoms with E-state index in [1.165, 1.54) is 0 Å². The van der Waals surface area contributed by atoms with Crippen LogP contribution in [0.25, 0.3) is 0 Å². The first-order valence-electron chi connectivity index (χ1n) is 6.95. The van der Waals surface area contributed by atoms with Gasteiger partial charge in [0.25, 0.3) is 0 Å². The fourth-order valence-electron chi connectivity index (χ4n) is 3.98. The summed E-state index contributed by atoms with van der Waals surface area (Å²) in [6.45, 7) is 7.70.